The van der Waals surface area contributed by atoms with Crippen molar-refractivity contribution in [2.75, 3.05) is 16.2 Å². The number of benzene rings is 2. The van der Waals surface area contributed by atoms with Crippen molar-refractivity contribution in [3.05, 3.63) is 52.0 Å². The summed E-state index contributed by atoms with van der Waals surface area (Å²) in [6, 6.07) is 8.60. The molecule has 1 heterocycles. The zero-order valence-electron chi connectivity index (χ0n) is 16.5. The van der Waals surface area contributed by atoms with Crippen LogP contribution in [-0.2, 0) is 21.2 Å². The van der Waals surface area contributed by atoms with Gasteiger partial charge in [-0.1, -0.05) is 25.4 Å². The molecule has 0 unspecified atom stereocenters. The lowest BCUT2D eigenvalue weighted by atomic mass is 9.99. The van der Waals surface area contributed by atoms with E-state index in [1.807, 2.05) is 26.0 Å². The molecule has 0 atom stereocenters. The fourth-order valence-electron chi connectivity index (χ4n) is 3.46. The number of anilines is 2. The fourth-order valence-corrected chi connectivity index (χ4v) is 5.04. The molecule has 0 aliphatic carbocycles. The van der Waals surface area contributed by atoms with E-state index < -0.39 is 10.0 Å². The number of carbonyl (C=O) groups excluding carboxylic acids is 1. The third kappa shape index (κ3) is 4.03. The average Bonchev–Trinajstić information content (AvgIpc) is 2.62. The third-order valence-corrected chi connectivity index (χ3v) is 6.89. The maximum Gasteiger partial charge on any atom is 0.262 e. The Bertz CT molecular complexity index is 1030. The van der Waals surface area contributed by atoms with Gasteiger partial charge in [-0.25, -0.2) is 8.42 Å². The second-order valence-corrected chi connectivity index (χ2v) is 9.62. The van der Waals surface area contributed by atoms with Gasteiger partial charge in [0.2, 0.25) is 5.91 Å². The first-order valence-electron chi connectivity index (χ1n) is 9.34. The van der Waals surface area contributed by atoms with Crippen molar-refractivity contribution in [2.45, 2.75) is 45.4 Å². The van der Waals surface area contributed by atoms with Crippen LogP contribution in [0.3, 0.4) is 0 Å². The van der Waals surface area contributed by atoms with Crippen LogP contribution >= 0.6 is 11.6 Å². The first-order valence-corrected chi connectivity index (χ1v) is 11.2. The zero-order valence-corrected chi connectivity index (χ0v) is 18.1. The summed E-state index contributed by atoms with van der Waals surface area (Å²) in [4.78, 5) is 14.5. The van der Waals surface area contributed by atoms with Gasteiger partial charge in [-0.05, 0) is 73.7 Å². The van der Waals surface area contributed by atoms with Crippen LogP contribution in [0.5, 0.6) is 0 Å². The SMILES string of the molecule is Cc1cc(S(=O)(=O)Nc2ccc3c(c2)CCCN3C(=O)C(C)C)c(C)cc1Cl. The smallest absolute Gasteiger partial charge is 0.262 e. The molecule has 0 bridgehead atoms. The normalized spacial score (nSPS) is 14.1. The van der Waals surface area contributed by atoms with Crippen LogP contribution in [0.2, 0.25) is 5.02 Å². The monoisotopic (exact) mass is 420 g/mol. The van der Waals surface area contributed by atoms with Crippen LogP contribution in [0.15, 0.2) is 35.2 Å². The van der Waals surface area contributed by atoms with E-state index >= 15 is 0 Å². The van der Waals surface area contributed by atoms with Gasteiger partial charge >= 0.3 is 0 Å². The van der Waals surface area contributed by atoms with Crippen molar-refractivity contribution < 1.29 is 13.2 Å². The molecule has 2 aromatic rings. The minimum atomic E-state index is -3.74. The lowest BCUT2D eigenvalue weighted by Gasteiger charge is -2.31. The van der Waals surface area contributed by atoms with Crippen LogP contribution in [-0.4, -0.2) is 20.9 Å². The van der Waals surface area contributed by atoms with Gasteiger partial charge in [0.1, 0.15) is 0 Å². The summed E-state index contributed by atoms with van der Waals surface area (Å²) in [5.41, 5.74) is 3.64. The highest BCUT2D eigenvalue weighted by atomic mass is 35.5. The molecule has 1 aliphatic heterocycles. The molecular weight excluding hydrogens is 396 g/mol. The maximum absolute atomic E-state index is 12.9. The van der Waals surface area contributed by atoms with Crippen molar-refractivity contribution in [1.29, 1.82) is 0 Å². The number of amides is 1. The Balaban J connectivity index is 1.92. The Morgan fingerprint density at radius 3 is 2.54 bits per heavy atom. The topological polar surface area (TPSA) is 66.5 Å². The molecule has 0 aromatic heterocycles. The van der Waals surface area contributed by atoms with E-state index in [0.29, 0.717) is 28.4 Å². The summed E-state index contributed by atoms with van der Waals surface area (Å²) < 4.78 is 28.5. The van der Waals surface area contributed by atoms with E-state index in [-0.39, 0.29) is 16.7 Å². The Labute approximate surface area is 171 Å². The quantitative estimate of drug-likeness (QED) is 0.779. The van der Waals surface area contributed by atoms with E-state index in [2.05, 4.69) is 4.72 Å². The molecule has 0 spiro atoms. The molecule has 5 nitrogen and oxygen atoms in total. The highest BCUT2D eigenvalue weighted by Gasteiger charge is 2.25. The molecular formula is C21H25ClN2O3S. The second kappa shape index (κ2) is 7.76. The lowest BCUT2D eigenvalue weighted by Crippen LogP contribution is -2.38. The minimum absolute atomic E-state index is 0.0831. The second-order valence-electron chi connectivity index (χ2n) is 7.56. The predicted molar refractivity (Wildman–Crippen MR) is 114 cm³/mol. The molecule has 0 saturated heterocycles. The van der Waals surface area contributed by atoms with Crippen molar-refractivity contribution in [3.63, 3.8) is 0 Å². The predicted octanol–water partition coefficient (Wildman–Crippen LogP) is 4.69. The van der Waals surface area contributed by atoms with E-state index in [9.17, 15) is 13.2 Å². The van der Waals surface area contributed by atoms with Gasteiger partial charge in [0.05, 0.1) is 4.90 Å². The van der Waals surface area contributed by atoms with Gasteiger partial charge in [0, 0.05) is 28.9 Å². The number of hydrogen-bond donors (Lipinski definition) is 1. The molecule has 150 valence electrons. The number of sulfonamides is 1. The van der Waals surface area contributed by atoms with Crippen molar-refractivity contribution in [2.24, 2.45) is 5.92 Å². The van der Waals surface area contributed by atoms with E-state index in [4.69, 9.17) is 11.6 Å². The largest absolute Gasteiger partial charge is 0.312 e. The van der Waals surface area contributed by atoms with Crippen molar-refractivity contribution >= 4 is 38.9 Å². The molecule has 28 heavy (non-hydrogen) atoms. The van der Waals surface area contributed by atoms with Crippen LogP contribution in [0.1, 0.15) is 37.0 Å². The number of aryl methyl sites for hydroxylation is 3. The Morgan fingerprint density at radius 1 is 1.14 bits per heavy atom. The third-order valence-electron chi connectivity index (χ3n) is 4.96. The van der Waals surface area contributed by atoms with Gasteiger partial charge < -0.3 is 4.90 Å². The maximum atomic E-state index is 12.9. The van der Waals surface area contributed by atoms with Gasteiger partial charge in [-0.15, -0.1) is 0 Å². The van der Waals surface area contributed by atoms with Gasteiger partial charge in [-0.3, -0.25) is 9.52 Å². The molecule has 1 N–H and O–H groups in total. The molecule has 2 aromatic carbocycles. The van der Waals surface area contributed by atoms with Gasteiger partial charge in [-0.2, -0.15) is 0 Å². The van der Waals surface area contributed by atoms with E-state index in [1.54, 1.807) is 36.9 Å². The summed E-state index contributed by atoms with van der Waals surface area (Å²) >= 11 is 6.09. The van der Waals surface area contributed by atoms with E-state index in [0.717, 1.165) is 24.1 Å². The summed E-state index contributed by atoms with van der Waals surface area (Å²) in [6.45, 7) is 7.96. The molecule has 7 heteroatoms. The van der Waals surface area contributed by atoms with Gasteiger partial charge in [0.15, 0.2) is 0 Å². The van der Waals surface area contributed by atoms with Crippen LogP contribution in [0.4, 0.5) is 11.4 Å². The lowest BCUT2D eigenvalue weighted by molar-refractivity contribution is -0.121. The summed E-state index contributed by atoms with van der Waals surface area (Å²) in [5.74, 6) is 0.00166. The highest BCUT2D eigenvalue weighted by molar-refractivity contribution is 7.92. The van der Waals surface area contributed by atoms with E-state index in [1.165, 1.54) is 0 Å². The summed E-state index contributed by atoms with van der Waals surface area (Å²) in [7, 11) is -3.74. The van der Waals surface area contributed by atoms with Gasteiger partial charge in [0.25, 0.3) is 10.0 Å². The molecule has 1 aliphatic rings. The standard InChI is InChI=1S/C21H25ClN2O3S/c1-13(2)21(25)24-9-5-6-16-12-17(7-8-19(16)24)23-28(26,27)20-11-14(3)18(22)10-15(20)4/h7-8,10-13,23H,5-6,9H2,1-4H3. The fraction of sp³-hybridized carbons (Fsp3) is 0.381. The first kappa shape index (κ1) is 20.7. The number of rotatable bonds is 4. The Hall–Kier alpha value is -2.05. The van der Waals surface area contributed by atoms with Crippen LogP contribution < -0.4 is 9.62 Å². The molecule has 0 saturated carbocycles. The molecule has 1 amide bonds. The van der Waals surface area contributed by atoms with Crippen molar-refractivity contribution in [1.82, 2.24) is 0 Å². The number of halogens is 1. The molecule has 0 radical (unpaired) electrons. The first-order chi connectivity index (χ1) is 13.1. The van der Waals surface area contributed by atoms with Crippen LogP contribution in [0.25, 0.3) is 0 Å². The van der Waals surface area contributed by atoms with Crippen LogP contribution in [0, 0.1) is 19.8 Å². The highest BCUT2D eigenvalue weighted by Crippen LogP contribution is 2.32. The van der Waals surface area contributed by atoms with Crippen molar-refractivity contribution in [3.8, 4) is 0 Å². The molecule has 3 rings (SSSR count). The number of hydrogen-bond acceptors (Lipinski definition) is 3. The number of nitrogens with one attached hydrogen (secondary N) is 1. The molecule has 0 fully saturated rings. The minimum Gasteiger partial charge on any atom is -0.312 e. The zero-order chi connectivity index (χ0) is 20.6. The summed E-state index contributed by atoms with van der Waals surface area (Å²) in [5, 5.41) is 0.542. The Kier molecular flexibility index (Phi) is 5.73. The number of carbonyl (C=O) groups is 1. The Morgan fingerprint density at radius 2 is 1.86 bits per heavy atom. The summed E-state index contributed by atoms with van der Waals surface area (Å²) in [6.07, 6.45) is 1.67. The average molecular weight is 421 g/mol. The number of nitrogens with zero attached hydrogens (tertiary/aromatic N) is 1. The number of fused-ring (bicyclic) bond motifs is 1.